The molecular formula is C14H25N3. The molecule has 1 aliphatic carbocycles. The maximum Gasteiger partial charge on any atom is 0.0762 e. The number of hydrogen-bond acceptors (Lipinski definition) is 2. The average molecular weight is 235 g/mol. The van der Waals surface area contributed by atoms with Crippen molar-refractivity contribution in [3.8, 4) is 0 Å². The van der Waals surface area contributed by atoms with Crippen LogP contribution < -0.4 is 5.32 Å². The van der Waals surface area contributed by atoms with E-state index in [-0.39, 0.29) is 0 Å². The van der Waals surface area contributed by atoms with Gasteiger partial charge in [0.05, 0.1) is 5.69 Å². The van der Waals surface area contributed by atoms with Crippen LogP contribution in [0.25, 0.3) is 0 Å². The molecule has 0 spiro atoms. The summed E-state index contributed by atoms with van der Waals surface area (Å²) in [6.45, 7) is 5.62. The molecule has 0 saturated heterocycles. The standard InChI is InChI=1S/C14H25N3/c1-11(2)13-6-4-5-7-14(13)15-10-12-8-9-17(3)16-12/h8-9,11,13-15H,4-7,10H2,1-3H3. The third-order valence-corrected chi connectivity index (χ3v) is 3.99. The van der Waals surface area contributed by atoms with E-state index in [0.29, 0.717) is 6.04 Å². The van der Waals surface area contributed by atoms with E-state index in [4.69, 9.17) is 0 Å². The van der Waals surface area contributed by atoms with Crippen LogP contribution in [-0.2, 0) is 13.6 Å². The van der Waals surface area contributed by atoms with Crippen molar-refractivity contribution in [2.45, 2.75) is 52.1 Å². The molecule has 0 bridgehead atoms. The Balaban J connectivity index is 1.88. The first-order chi connectivity index (χ1) is 8.16. The van der Waals surface area contributed by atoms with Crippen molar-refractivity contribution in [3.05, 3.63) is 18.0 Å². The molecule has 17 heavy (non-hydrogen) atoms. The highest BCUT2D eigenvalue weighted by Gasteiger charge is 2.26. The van der Waals surface area contributed by atoms with Crippen molar-refractivity contribution < 1.29 is 0 Å². The van der Waals surface area contributed by atoms with Crippen LogP contribution in [0.4, 0.5) is 0 Å². The molecule has 2 unspecified atom stereocenters. The maximum absolute atomic E-state index is 4.42. The number of rotatable bonds is 4. The predicted molar refractivity (Wildman–Crippen MR) is 70.6 cm³/mol. The van der Waals surface area contributed by atoms with Crippen molar-refractivity contribution >= 4 is 0 Å². The van der Waals surface area contributed by atoms with Gasteiger partial charge in [0, 0.05) is 25.8 Å². The monoisotopic (exact) mass is 235 g/mol. The third kappa shape index (κ3) is 3.32. The van der Waals surface area contributed by atoms with Gasteiger partial charge in [-0.2, -0.15) is 5.10 Å². The van der Waals surface area contributed by atoms with Gasteiger partial charge in [-0.1, -0.05) is 26.7 Å². The van der Waals surface area contributed by atoms with Crippen molar-refractivity contribution in [3.63, 3.8) is 0 Å². The number of aryl methyl sites for hydroxylation is 1. The Labute approximate surface area is 105 Å². The Kier molecular flexibility index (Phi) is 4.21. The number of hydrogen-bond donors (Lipinski definition) is 1. The lowest BCUT2D eigenvalue weighted by molar-refractivity contribution is 0.204. The van der Waals surface area contributed by atoms with Crippen LogP contribution in [0.15, 0.2) is 12.3 Å². The third-order valence-electron chi connectivity index (χ3n) is 3.99. The summed E-state index contributed by atoms with van der Waals surface area (Å²) in [6.07, 6.45) is 7.51. The summed E-state index contributed by atoms with van der Waals surface area (Å²) in [4.78, 5) is 0. The first kappa shape index (κ1) is 12.6. The highest BCUT2D eigenvalue weighted by Crippen LogP contribution is 2.30. The van der Waals surface area contributed by atoms with Gasteiger partial charge >= 0.3 is 0 Å². The Morgan fingerprint density at radius 3 is 2.82 bits per heavy atom. The summed E-state index contributed by atoms with van der Waals surface area (Å²) in [5, 5.41) is 8.13. The fourth-order valence-corrected chi connectivity index (χ4v) is 3.00. The number of nitrogens with one attached hydrogen (secondary N) is 1. The predicted octanol–water partition coefficient (Wildman–Crippen LogP) is 2.72. The smallest absolute Gasteiger partial charge is 0.0762 e. The number of nitrogens with zero attached hydrogens (tertiary/aromatic N) is 2. The van der Waals surface area contributed by atoms with Gasteiger partial charge in [0.2, 0.25) is 0 Å². The highest BCUT2D eigenvalue weighted by molar-refractivity contribution is 4.99. The molecule has 1 aromatic heterocycles. The molecule has 2 atom stereocenters. The van der Waals surface area contributed by atoms with Gasteiger partial charge in [-0.05, 0) is 30.7 Å². The van der Waals surface area contributed by atoms with E-state index in [9.17, 15) is 0 Å². The fraction of sp³-hybridized carbons (Fsp3) is 0.786. The Morgan fingerprint density at radius 1 is 1.41 bits per heavy atom. The second-order valence-electron chi connectivity index (χ2n) is 5.66. The van der Waals surface area contributed by atoms with E-state index in [1.54, 1.807) is 0 Å². The molecule has 3 heteroatoms. The number of aromatic nitrogens is 2. The molecule has 0 aromatic carbocycles. The van der Waals surface area contributed by atoms with E-state index in [2.05, 4.69) is 30.3 Å². The van der Waals surface area contributed by atoms with Crippen LogP contribution >= 0.6 is 0 Å². The molecule has 3 nitrogen and oxygen atoms in total. The van der Waals surface area contributed by atoms with Gasteiger partial charge in [-0.15, -0.1) is 0 Å². The molecule has 1 heterocycles. The molecule has 96 valence electrons. The summed E-state index contributed by atoms with van der Waals surface area (Å²) < 4.78 is 1.87. The molecule has 0 radical (unpaired) electrons. The summed E-state index contributed by atoms with van der Waals surface area (Å²) in [5.41, 5.74) is 1.15. The Morgan fingerprint density at radius 2 is 2.18 bits per heavy atom. The van der Waals surface area contributed by atoms with E-state index in [1.165, 1.54) is 25.7 Å². The zero-order chi connectivity index (χ0) is 12.3. The fourth-order valence-electron chi connectivity index (χ4n) is 3.00. The summed E-state index contributed by atoms with van der Waals surface area (Å²) in [7, 11) is 1.97. The van der Waals surface area contributed by atoms with Crippen LogP contribution in [0, 0.1) is 11.8 Å². The zero-order valence-corrected chi connectivity index (χ0v) is 11.3. The Bertz CT molecular complexity index is 343. The van der Waals surface area contributed by atoms with Gasteiger partial charge in [-0.3, -0.25) is 4.68 Å². The van der Waals surface area contributed by atoms with E-state index < -0.39 is 0 Å². The maximum atomic E-state index is 4.42. The summed E-state index contributed by atoms with van der Waals surface area (Å²) in [6, 6.07) is 2.78. The van der Waals surface area contributed by atoms with Gasteiger partial charge < -0.3 is 5.32 Å². The molecule has 0 amide bonds. The van der Waals surface area contributed by atoms with Gasteiger partial charge in [0.15, 0.2) is 0 Å². The first-order valence-corrected chi connectivity index (χ1v) is 6.88. The largest absolute Gasteiger partial charge is 0.308 e. The van der Waals surface area contributed by atoms with Crippen LogP contribution in [0.3, 0.4) is 0 Å². The minimum atomic E-state index is 0.686. The second kappa shape index (κ2) is 5.67. The van der Waals surface area contributed by atoms with E-state index in [0.717, 1.165) is 24.1 Å². The van der Waals surface area contributed by atoms with Crippen LogP contribution in [0.1, 0.15) is 45.2 Å². The van der Waals surface area contributed by atoms with Crippen molar-refractivity contribution in [1.29, 1.82) is 0 Å². The molecular weight excluding hydrogens is 210 g/mol. The lowest BCUT2D eigenvalue weighted by Crippen LogP contribution is -2.40. The second-order valence-corrected chi connectivity index (χ2v) is 5.66. The van der Waals surface area contributed by atoms with Crippen LogP contribution in [-0.4, -0.2) is 15.8 Å². The summed E-state index contributed by atoms with van der Waals surface area (Å²) >= 11 is 0. The van der Waals surface area contributed by atoms with E-state index in [1.807, 2.05) is 17.9 Å². The highest BCUT2D eigenvalue weighted by atomic mass is 15.3. The average Bonchev–Trinajstić information content (AvgIpc) is 2.73. The minimum Gasteiger partial charge on any atom is -0.308 e. The zero-order valence-electron chi connectivity index (χ0n) is 11.3. The van der Waals surface area contributed by atoms with Crippen LogP contribution in [0.2, 0.25) is 0 Å². The van der Waals surface area contributed by atoms with E-state index >= 15 is 0 Å². The molecule has 1 fully saturated rings. The molecule has 1 N–H and O–H groups in total. The van der Waals surface area contributed by atoms with Crippen LogP contribution in [0.5, 0.6) is 0 Å². The molecule has 1 aromatic rings. The quantitative estimate of drug-likeness (QED) is 0.869. The van der Waals surface area contributed by atoms with Gasteiger partial charge in [0.25, 0.3) is 0 Å². The molecule has 2 rings (SSSR count). The molecule has 0 aliphatic heterocycles. The van der Waals surface area contributed by atoms with Crippen molar-refractivity contribution in [1.82, 2.24) is 15.1 Å². The van der Waals surface area contributed by atoms with Crippen molar-refractivity contribution in [2.24, 2.45) is 18.9 Å². The SMILES string of the molecule is CC(C)C1CCCCC1NCc1ccn(C)n1. The van der Waals surface area contributed by atoms with Gasteiger partial charge in [0.1, 0.15) is 0 Å². The van der Waals surface area contributed by atoms with Gasteiger partial charge in [-0.25, -0.2) is 0 Å². The van der Waals surface area contributed by atoms with Crippen molar-refractivity contribution in [2.75, 3.05) is 0 Å². The Hall–Kier alpha value is -0.830. The lowest BCUT2D eigenvalue weighted by atomic mass is 9.78. The topological polar surface area (TPSA) is 29.9 Å². The molecule has 1 aliphatic rings. The first-order valence-electron chi connectivity index (χ1n) is 6.88. The minimum absolute atomic E-state index is 0.686. The molecule has 1 saturated carbocycles. The lowest BCUT2D eigenvalue weighted by Gasteiger charge is -2.35. The summed E-state index contributed by atoms with van der Waals surface area (Å²) in [5.74, 6) is 1.63. The normalized spacial score (nSPS) is 25.4.